The molecule has 0 aromatic carbocycles. The van der Waals surface area contributed by atoms with Gasteiger partial charge in [0.2, 0.25) is 5.89 Å². The molecule has 0 bridgehead atoms. The van der Waals surface area contributed by atoms with Gasteiger partial charge in [-0.1, -0.05) is 11.2 Å². The van der Waals surface area contributed by atoms with E-state index in [1.807, 2.05) is 4.90 Å². The average molecular weight is 183 g/mol. The number of nitrogens with zero attached hydrogens (tertiary/aromatic N) is 3. The van der Waals surface area contributed by atoms with Crippen LogP contribution in [0.5, 0.6) is 0 Å². The van der Waals surface area contributed by atoms with Crippen molar-refractivity contribution in [3.8, 4) is 0 Å². The van der Waals surface area contributed by atoms with Crippen molar-refractivity contribution in [1.82, 2.24) is 15.0 Å². The summed E-state index contributed by atoms with van der Waals surface area (Å²) in [6.07, 6.45) is 3.13. The van der Waals surface area contributed by atoms with Crippen molar-refractivity contribution < 1.29 is 9.63 Å². The molecule has 1 aromatic heterocycles. The Labute approximate surface area is 76.7 Å². The van der Waals surface area contributed by atoms with Crippen molar-refractivity contribution in [3.05, 3.63) is 24.9 Å². The van der Waals surface area contributed by atoms with Crippen LogP contribution in [0.25, 0.3) is 0 Å². The number of aliphatic hydroxyl groups excluding tert-OH is 1. The Balaban J connectivity index is 2.42. The molecule has 0 radical (unpaired) electrons. The number of rotatable bonds is 6. The van der Waals surface area contributed by atoms with E-state index in [-0.39, 0.29) is 6.61 Å². The average Bonchev–Trinajstić information content (AvgIpc) is 2.58. The van der Waals surface area contributed by atoms with Crippen LogP contribution < -0.4 is 0 Å². The molecule has 0 amide bonds. The predicted molar refractivity (Wildman–Crippen MR) is 46.9 cm³/mol. The Kier molecular flexibility index (Phi) is 4.14. The fourth-order valence-corrected chi connectivity index (χ4v) is 1.02. The molecule has 0 aliphatic carbocycles. The lowest BCUT2D eigenvalue weighted by Crippen LogP contribution is -2.26. The summed E-state index contributed by atoms with van der Waals surface area (Å²) in [4.78, 5) is 5.84. The molecule has 0 aliphatic heterocycles. The van der Waals surface area contributed by atoms with Crippen LogP contribution in [0.3, 0.4) is 0 Å². The summed E-state index contributed by atoms with van der Waals surface area (Å²) in [6, 6.07) is 0. The highest BCUT2D eigenvalue weighted by Gasteiger charge is 2.06. The third kappa shape index (κ3) is 3.35. The minimum atomic E-state index is 0.113. The zero-order valence-electron chi connectivity index (χ0n) is 7.39. The lowest BCUT2D eigenvalue weighted by molar-refractivity contribution is 0.186. The highest BCUT2D eigenvalue weighted by molar-refractivity contribution is 4.79. The number of hydrogen-bond donors (Lipinski definition) is 1. The Morgan fingerprint density at radius 1 is 1.69 bits per heavy atom. The maximum atomic E-state index is 8.75. The van der Waals surface area contributed by atoms with Gasteiger partial charge in [-0.3, -0.25) is 4.90 Å². The van der Waals surface area contributed by atoms with Crippen molar-refractivity contribution in [2.45, 2.75) is 6.54 Å². The van der Waals surface area contributed by atoms with Crippen LogP contribution in [0.15, 0.2) is 23.5 Å². The first-order chi connectivity index (χ1) is 6.36. The summed E-state index contributed by atoms with van der Waals surface area (Å²) < 4.78 is 4.84. The summed E-state index contributed by atoms with van der Waals surface area (Å²) in [5, 5.41) is 12.2. The summed E-state index contributed by atoms with van der Waals surface area (Å²) in [7, 11) is 0. The lowest BCUT2D eigenvalue weighted by Gasteiger charge is -2.16. The minimum absolute atomic E-state index is 0.113. The first kappa shape index (κ1) is 9.88. The minimum Gasteiger partial charge on any atom is -0.395 e. The van der Waals surface area contributed by atoms with E-state index < -0.39 is 0 Å². The van der Waals surface area contributed by atoms with Gasteiger partial charge in [0, 0.05) is 13.1 Å². The van der Waals surface area contributed by atoms with Gasteiger partial charge in [-0.15, -0.1) is 6.58 Å². The molecular formula is C8H13N3O2. The highest BCUT2D eigenvalue weighted by atomic mass is 16.5. The SMILES string of the molecule is C=CCN(CCO)Cc1ncno1. The van der Waals surface area contributed by atoms with E-state index in [0.29, 0.717) is 25.5 Å². The van der Waals surface area contributed by atoms with Crippen LogP contribution in [-0.2, 0) is 6.54 Å². The topological polar surface area (TPSA) is 62.4 Å². The van der Waals surface area contributed by atoms with Gasteiger partial charge < -0.3 is 9.63 Å². The fraction of sp³-hybridized carbons (Fsp3) is 0.500. The van der Waals surface area contributed by atoms with Gasteiger partial charge >= 0.3 is 0 Å². The Hall–Kier alpha value is -1.20. The first-order valence-corrected chi connectivity index (χ1v) is 4.06. The van der Waals surface area contributed by atoms with Crippen LogP contribution in [0.2, 0.25) is 0 Å². The van der Waals surface area contributed by atoms with E-state index in [0.717, 1.165) is 0 Å². The number of aliphatic hydroxyl groups is 1. The largest absolute Gasteiger partial charge is 0.395 e. The molecule has 72 valence electrons. The molecule has 0 saturated carbocycles. The molecule has 0 aliphatic rings. The zero-order valence-corrected chi connectivity index (χ0v) is 7.39. The van der Waals surface area contributed by atoms with E-state index in [4.69, 9.17) is 9.63 Å². The number of aromatic nitrogens is 2. The molecule has 13 heavy (non-hydrogen) atoms. The fourth-order valence-electron chi connectivity index (χ4n) is 1.02. The van der Waals surface area contributed by atoms with Crippen LogP contribution in [-0.4, -0.2) is 39.8 Å². The van der Waals surface area contributed by atoms with E-state index >= 15 is 0 Å². The normalized spacial score (nSPS) is 10.6. The van der Waals surface area contributed by atoms with Crippen LogP contribution in [0, 0.1) is 0 Å². The van der Waals surface area contributed by atoms with Crippen molar-refractivity contribution in [2.75, 3.05) is 19.7 Å². The van der Waals surface area contributed by atoms with E-state index in [2.05, 4.69) is 16.7 Å². The van der Waals surface area contributed by atoms with Crippen LogP contribution >= 0.6 is 0 Å². The maximum Gasteiger partial charge on any atom is 0.240 e. The Morgan fingerprint density at radius 2 is 2.54 bits per heavy atom. The molecule has 0 atom stereocenters. The summed E-state index contributed by atoms with van der Waals surface area (Å²) in [5.41, 5.74) is 0. The molecule has 1 rings (SSSR count). The third-order valence-electron chi connectivity index (χ3n) is 1.57. The molecular weight excluding hydrogens is 170 g/mol. The summed E-state index contributed by atoms with van der Waals surface area (Å²) >= 11 is 0. The second kappa shape index (κ2) is 5.45. The quantitative estimate of drug-likeness (QED) is 0.631. The molecule has 0 fully saturated rings. The standard InChI is InChI=1S/C8H13N3O2/c1-2-3-11(4-5-12)6-8-9-7-10-13-8/h2,7,12H,1,3-6H2. The first-order valence-electron chi connectivity index (χ1n) is 4.06. The molecule has 1 N–H and O–H groups in total. The monoisotopic (exact) mass is 183 g/mol. The van der Waals surface area contributed by atoms with Gasteiger partial charge in [0.25, 0.3) is 0 Å². The van der Waals surface area contributed by atoms with Gasteiger partial charge in [-0.05, 0) is 0 Å². The molecule has 0 saturated heterocycles. The van der Waals surface area contributed by atoms with Crippen LogP contribution in [0.1, 0.15) is 5.89 Å². The van der Waals surface area contributed by atoms with Crippen LogP contribution in [0.4, 0.5) is 0 Å². The van der Waals surface area contributed by atoms with Crippen molar-refractivity contribution in [1.29, 1.82) is 0 Å². The van der Waals surface area contributed by atoms with Gasteiger partial charge in [-0.25, -0.2) is 0 Å². The smallest absolute Gasteiger partial charge is 0.240 e. The van der Waals surface area contributed by atoms with Gasteiger partial charge in [0.05, 0.1) is 13.2 Å². The summed E-state index contributed by atoms with van der Waals surface area (Å²) in [5.74, 6) is 0.551. The van der Waals surface area contributed by atoms with Crippen molar-refractivity contribution >= 4 is 0 Å². The Morgan fingerprint density at radius 3 is 3.08 bits per heavy atom. The molecule has 5 nitrogen and oxygen atoms in total. The predicted octanol–water partition coefficient (Wildman–Crippen LogP) is 0.0499. The molecule has 1 aromatic rings. The van der Waals surface area contributed by atoms with Gasteiger partial charge in [0.15, 0.2) is 6.33 Å². The van der Waals surface area contributed by atoms with E-state index in [9.17, 15) is 0 Å². The van der Waals surface area contributed by atoms with E-state index in [1.165, 1.54) is 6.33 Å². The highest BCUT2D eigenvalue weighted by Crippen LogP contribution is 1.98. The number of hydrogen-bond acceptors (Lipinski definition) is 5. The lowest BCUT2D eigenvalue weighted by atomic mass is 10.4. The van der Waals surface area contributed by atoms with E-state index in [1.54, 1.807) is 6.08 Å². The zero-order chi connectivity index (χ0) is 9.52. The Bertz CT molecular complexity index is 236. The second-order valence-electron chi connectivity index (χ2n) is 2.58. The second-order valence-corrected chi connectivity index (χ2v) is 2.58. The molecule has 0 unspecified atom stereocenters. The van der Waals surface area contributed by atoms with Crippen molar-refractivity contribution in [2.24, 2.45) is 0 Å². The van der Waals surface area contributed by atoms with Crippen molar-refractivity contribution in [3.63, 3.8) is 0 Å². The molecule has 5 heteroatoms. The molecule has 1 heterocycles. The molecule has 0 spiro atoms. The summed E-state index contributed by atoms with van der Waals surface area (Å²) in [6.45, 7) is 5.56. The van der Waals surface area contributed by atoms with Gasteiger partial charge in [-0.2, -0.15) is 4.98 Å². The maximum absolute atomic E-state index is 8.75. The van der Waals surface area contributed by atoms with Gasteiger partial charge in [0.1, 0.15) is 0 Å². The third-order valence-corrected chi connectivity index (χ3v) is 1.57.